The van der Waals surface area contributed by atoms with Gasteiger partial charge in [-0.25, -0.2) is 0 Å². The van der Waals surface area contributed by atoms with Crippen LogP contribution in [0.25, 0.3) is 60.6 Å². The number of para-hydroxylation sites is 2. The number of benzene rings is 5. The van der Waals surface area contributed by atoms with Gasteiger partial charge in [-0.2, -0.15) is 0 Å². The molecular formula is C30H19NO. The van der Waals surface area contributed by atoms with Gasteiger partial charge in [-0.15, -0.1) is 0 Å². The van der Waals surface area contributed by atoms with Crippen LogP contribution in [-0.2, 0) is 0 Å². The first-order chi connectivity index (χ1) is 15.9. The van der Waals surface area contributed by atoms with Gasteiger partial charge in [-0.3, -0.25) is 0 Å². The van der Waals surface area contributed by atoms with Gasteiger partial charge in [0.15, 0.2) is 0 Å². The summed E-state index contributed by atoms with van der Waals surface area (Å²) in [6.07, 6.45) is 0. The Balaban J connectivity index is 1.64. The zero-order valence-corrected chi connectivity index (χ0v) is 17.3. The molecule has 2 heteroatoms. The molecule has 0 aliphatic heterocycles. The van der Waals surface area contributed by atoms with Crippen molar-refractivity contribution >= 4 is 43.7 Å². The lowest BCUT2D eigenvalue weighted by molar-refractivity contribution is 0.669. The number of aromatic nitrogens is 1. The van der Waals surface area contributed by atoms with Crippen LogP contribution in [0.5, 0.6) is 0 Å². The summed E-state index contributed by atoms with van der Waals surface area (Å²) in [4.78, 5) is 0. The molecular weight excluding hydrogens is 390 g/mol. The van der Waals surface area contributed by atoms with E-state index in [1.165, 1.54) is 32.9 Å². The van der Waals surface area contributed by atoms with Crippen LogP contribution in [-0.4, -0.2) is 4.57 Å². The molecule has 0 unspecified atom stereocenters. The fourth-order valence-electron chi connectivity index (χ4n) is 4.98. The average Bonchev–Trinajstić information content (AvgIpc) is 3.40. The second-order valence-corrected chi connectivity index (χ2v) is 8.20. The van der Waals surface area contributed by atoms with Crippen molar-refractivity contribution in [2.75, 3.05) is 0 Å². The monoisotopic (exact) mass is 409 g/mol. The summed E-state index contributed by atoms with van der Waals surface area (Å²) < 4.78 is 8.59. The van der Waals surface area contributed by atoms with E-state index in [-0.39, 0.29) is 0 Å². The molecule has 0 N–H and O–H groups in total. The van der Waals surface area contributed by atoms with Crippen LogP contribution in [0.4, 0.5) is 0 Å². The van der Waals surface area contributed by atoms with E-state index in [1.54, 1.807) is 0 Å². The van der Waals surface area contributed by atoms with Crippen LogP contribution >= 0.6 is 0 Å². The first kappa shape index (κ1) is 17.4. The van der Waals surface area contributed by atoms with Crippen LogP contribution in [0.2, 0.25) is 0 Å². The van der Waals surface area contributed by atoms with Gasteiger partial charge in [0.25, 0.3) is 0 Å². The molecule has 150 valence electrons. The largest absolute Gasteiger partial charge is 0.456 e. The van der Waals surface area contributed by atoms with E-state index in [0.717, 1.165) is 27.6 Å². The van der Waals surface area contributed by atoms with E-state index in [1.807, 2.05) is 12.1 Å². The first-order valence-corrected chi connectivity index (χ1v) is 10.9. The van der Waals surface area contributed by atoms with Crippen molar-refractivity contribution in [1.82, 2.24) is 4.57 Å². The van der Waals surface area contributed by atoms with Crippen molar-refractivity contribution in [3.63, 3.8) is 0 Å². The van der Waals surface area contributed by atoms with Crippen molar-refractivity contribution in [2.45, 2.75) is 0 Å². The molecule has 0 saturated carbocycles. The van der Waals surface area contributed by atoms with Crippen molar-refractivity contribution in [3.05, 3.63) is 115 Å². The van der Waals surface area contributed by atoms with Crippen molar-refractivity contribution < 1.29 is 4.42 Å². The Morgan fingerprint density at radius 1 is 0.469 bits per heavy atom. The second kappa shape index (κ2) is 6.60. The molecule has 2 aromatic heterocycles. The minimum Gasteiger partial charge on any atom is -0.456 e. The fourth-order valence-corrected chi connectivity index (χ4v) is 4.98. The number of nitrogens with zero attached hydrogens (tertiary/aromatic N) is 1. The predicted octanol–water partition coefficient (Wildman–Crippen LogP) is 8.35. The highest BCUT2D eigenvalue weighted by molar-refractivity contribution is 6.14. The third-order valence-corrected chi connectivity index (χ3v) is 6.40. The maximum absolute atomic E-state index is 6.19. The summed E-state index contributed by atoms with van der Waals surface area (Å²) in [7, 11) is 0. The zero-order valence-electron chi connectivity index (χ0n) is 17.3. The minimum atomic E-state index is 0.911. The number of hydrogen-bond donors (Lipinski definition) is 0. The van der Waals surface area contributed by atoms with Gasteiger partial charge in [-0.05, 0) is 41.5 Å². The quantitative estimate of drug-likeness (QED) is 0.280. The molecule has 0 aliphatic rings. The molecule has 0 fully saturated rings. The van der Waals surface area contributed by atoms with Crippen molar-refractivity contribution in [2.24, 2.45) is 0 Å². The Kier molecular flexibility index (Phi) is 3.58. The molecule has 2 heterocycles. The normalized spacial score (nSPS) is 11.8. The van der Waals surface area contributed by atoms with Crippen LogP contribution in [0.1, 0.15) is 0 Å². The maximum atomic E-state index is 6.19. The Bertz CT molecular complexity index is 1770. The van der Waals surface area contributed by atoms with Gasteiger partial charge >= 0.3 is 0 Å². The number of fused-ring (bicyclic) bond motifs is 6. The SMILES string of the molecule is c1ccc(-c2ccc3c4ccccc4n(-c4cccc5oc6ccccc6c45)c3c2)cc1. The number of hydrogen-bond acceptors (Lipinski definition) is 1. The van der Waals surface area contributed by atoms with E-state index < -0.39 is 0 Å². The summed E-state index contributed by atoms with van der Waals surface area (Å²) in [5, 5.41) is 4.80. The van der Waals surface area contributed by atoms with E-state index in [4.69, 9.17) is 4.42 Å². The molecule has 32 heavy (non-hydrogen) atoms. The Morgan fingerprint density at radius 3 is 2.09 bits per heavy atom. The fraction of sp³-hybridized carbons (Fsp3) is 0. The van der Waals surface area contributed by atoms with Gasteiger partial charge in [0, 0.05) is 16.2 Å². The van der Waals surface area contributed by atoms with Crippen molar-refractivity contribution in [1.29, 1.82) is 0 Å². The van der Waals surface area contributed by atoms with Gasteiger partial charge in [-0.1, -0.05) is 84.9 Å². The number of rotatable bonds is 2. The summed E-state index contributed by atoms with van der Waals surface area (Å²) in [5.74, 6) is 0. The summed E-state index contributed by atoms with van der Waals surface area (Å²) in [6.45, 7) is 0. The summed E-state index contributed by atoms with van der Waals surface area (Å²) in [5.41, 5.74) is 7.80. The molecule has 0 amide bonds. The van der Waals surface area contributed by atoms with Crippen LogP contribution in [0.15, 0.2) is 120 Å². The lowest BCUT2D eigenvalue weighted by atomic mass is 10.0. The molecule has 0 spiro atoms. The second-order valence-electron chi connectivity index (χ2n) is 8.20. The summed E-state index contributed by atoms with van der Waals surface area (Å²) in [6, 6.07) is 40.6. The van der Waals surface area contributed by atoms with Gasteiger partial charge < -0.3 is 8.98 Å². The average molecular weight is 409 g/mol. The number of furan rings is 1. The standard InChI is InChI=1S/C30H19NO/c1-2-9-20(10-3-1)21-17-18-23-22-11-4-6-13-25(22)31(27(23)19-21)26-14-8-16-29-30(26)24-12-5-7-15-28(24)32-29/h1-19H. The molecule has 0 atom stereocenters. The molecule has 7 aromatic rings. The van der Waals surface area contributed by atoms with Gasteiger partial charge in [0.1, 0.15) is 11.2 Å². The molecule has 0 radical (unpaired) electrons. The smallest absolute Gasteiger partial charge is 0.137 e. The molecule has 7 rings (SSSR count). The van der Waals surface area contributed by atoms with E-state index >= 15 is 0 Å². The third kappa shape index (κ3) is 2.41. The lowest BCUT2D eigenvalue weighted by Gasteiger charge is -2.10. The first-order valence-electron chi connectivity index (χ1n) is 10.9. The maximum Gasteiger partial charge on any atom is 0.137 e. The zero-order chi connectivity index (χ0) is 21.1. The lowest BCUT2D eigenvalue weighted by Crippen LogP contribution is -1.94. The van der Waals surface area contributed by atoms with Gasteiger partial charge in [0.2, 0.25) is 0 Å². The third-order valence-electron chi connectivity index (χ3n) is 6.40. The predicted molar refractivity (Wildman–Crippen MR) is 133 cm³/mol. The molecule has 0 saturated heterocycles. The van der Waals surface area contributed by atoms with E-state index in [9.17, 15) is 0 Å². The van der Waals surface area contributed by atoms with Crippen LogP contribution in [0, 0.1) is 0 Å². The molecule has 0 bridgehead atoms. The van der Waals surface area contributed by atoms with E-state index in [2.05, 4.69) is 108 Å². The Hall–Kier alpha value is -4.30. The van der Waals surface area contributed by atoms with Gasteiger partial charge in [0.05, 0.1) is 22.1 Å². The van der Waals surface area contributed by atoms with Crippen LogP contribution in [0.3, 0.4) is 0 Å². The Labute approximate surface area is 184 Å². The highest BCUT2D eigenvalue weighted by Gasteiger charge is 2.17. The highest BCUT2D eigenvalue weighted by atomic mass is 16.3. The summed E-state index contributed by atoms with van der Waals surface area (Å²) >= 11 is 0. The highest BCUT2D eigenvalue weighted by Crippen LogP contribution is 2.39. The molecule has 2 nitrogen and oxygen atoms in total. The van der Waals surface area contributed by atoms with Crippen molar-refractivity contribution in [3.8, 4) is 16.8 Å². The Morgan fingerprint density at radius 2 is 1.19 bits per heavy atom. The molecule has 5 aromatic carbocycles. The van der Waals surface area contributed by atoms with E-state index in [0.29, 0.717) is 0 Å². The van der Waals surface area contributed by atoms with Crippen LogP contribution < -0.4 is 0 Å². The topological polar surface area (TPSA) is 18.1 Å². The molecule has 0 aliphatic carbocycles. The minimum absolute atomic E-state index is 0.911.